The second-order valence-corrected chi connectivity index (χ2v) is 5.83. The van der Waals surface area contributed by atoms with E-state index in [1.54, 1.807) is 0 Å². The number of carboxylic acid groups (broad SMARTS) is 1. The summed E-state index contributed by atoms with van der Waals surface area (Å²) in [5, 5.41) is 12.3. The minimum atomic E-state index is -0.664. The van der Waals surface area contributed by atoms with Crippen LogP contribution >= 0.6 is 0 Å². The van der Waals surface area contributed by atoms with Crippen molar-refractivity contribution < 1.29 is 9.90 Å². The van der Waals surface area contributed by atoms with E-state index in [1.807, 2.05) is 0 Å². The smallest absolute Gasteiger partial charge is 0.303 e. The molecule has 0 spiro atoms. The molecule has 3 heteroatoms. The van der Waals surface area contributed by atoms with E-state index in [2.05, 4.69) is 26.1 Å². The van der Waals surface area contributed by atoms with Gasteiger partial charge in [0.2, 0.25) is 0 Å². The monoisotopic (exact) mass is 213 g/mol. The van der Waals surface area contributed by atoms with E-state index in [0.717, 1.165) is 25.8 Å². The fourth-order valence-electron chi connectivity index (χ4n) is 2.39. The molecule has 2 N–H and O–H groups in total. The molecule has 0 aromatic rings. The molecule has 1 saturated heterocycles. The summed E-state index contributed by atoms with van der Waals surface area (Å²) >= 11 is 0. The van der Waals surface area contributed by atoms with Gasteiger partial charge in [-0.25, -0.2) is 0 Å². The van der Waals surface area contributed by atoms with E-state index in [-0.39, 0.29) is 5.41 Å². The van der Waals surface area contributed by atoms with Gasteiger partial charge in [0.15, 0.2) is 0 Å². The van der Waals surface area contributed by atoms with Crippen LogP contribution in [0.3, 0.4) is 0 Å². The first-order valence-electron chi connectivity index (χ1n) is 5.84. The molecule has 1 fully saturated rings. The van der Waals surface area contributed by atoms with Crippen molar-refractivity contribution in [3.05, 3.63) is 0 Å². The van der Waals surface area contributed by atoms with Crippen molar-refractivity contribution >= 4 is 5.97 Å². The zero-order valence-electron chi connectivity index (χ0n) is 10.0. The van der Waals surface area contributed by atoms with Gasteiger partial charge >= 0.3 is 5.97 Å². The van der Waals surface area contributed by atoms with Gasteiger partial charge in [-0.05, 0) is 37.1 Å². The maximum absolute atomic E-state index is 10.8. The molecule has 0 aromatic carbocycles. The third-order valence-corrected chi connectivity index (χ3v) is 3.00. The Kier molecular flexibility index (Phi) is 4.14. The van der Waals surface area contributed by atoms with Crippen molar-refractivity contribution in [2.24, 2.45) is 11.3 Å². The number of piperidine rings is 1. The number of rotatable bonds is 3. The minimum Gasteiger partial charge on any atom is -0.481 e. The van der Waals surface area contributed by atoms with Gasteiger partial charge in [0, 0.05) is 12.5 Å². The molecule has 0 aliphatic carbocycles. The largest absolute Gasteiger partial charge is 0.481 e. The van der Waals surface area contributed by atoms with Crippen LogP contribution in [0, 0.1) is 11.3 Å². The Bertz CT molecular complexity index is 220. The molecule has 3 nitrogen and oxygen atoms in total. The van der Waals surface area contributed by atoms with Crippen molar-refractivity contribution in [1.29, 1.82) is 0 Å². The summed E-state index contributed by atoms with van der Waals surface area (Å²) in [6, 6.07) is 0.384. The van der Waals surface area contributed by atoms with Crippen LogP contribution in [0.15, 0.2) is 0 Å². The predicted molar refractivity (Wildman–Crippen MR) is 60.8 cm³/mol. The van der Waals surface area contributed by atoms with E-state index in [9.17, 15) is 4.79 Å². The van der Waals surface area contributed by atoms with Gasteiger partial charge in [0.1, 0.15) is 0 Å². The molecule has 0 amide bonds. The molecule has 1 aliphatic rings. The summed E-state index contributed by atoms with van der Waals surface area (Å²) in [6.45, 7) is 7.67. The van der Waals surface area contributed by atoms with Crippen molar-refractivity contribution in [2.75, 3.05) is 6.54 Å². The highest BCUT2D eigenvalue weighted by Gasteiger charge is 2.29. The van der Waals surface area contributed by atoms with Crippen molar-refractivity contribution in [1.82, 2.24) is 5.32 Å². The lowest BCUT2D eigenvalue weighted by molar-refractivity contribution is -0.138. The van der Waals surface area contributed by atoms with E-state index in [0.29, 0.717) is 18.4 Å². The molecular weight excluding hydrogens is 190 g/mol. The maximum Gasteiger partial charge on any atom is 0.303 e. The fourth-order valence-corrected chi connectivity index (χ4v) is 2.39. The summed E-state index contributed by atoms with van der Waals surface area (Å²) < 4.78 is 0. The zero-order chi connectivity index (χ0) is 11.5. The Hall–Kier alpha value is -0.570. The van der Waals surface area contributed by atoms with Crippen LogP contribution in [0.2, 0.25) is 0 Å². The molecule has 88 valence electrons. The molecule has 2 atom stereocenters. The Balaban J connectivity index is 2.53. The lowest BCUT2D eigenvalue weighted by Crippen LogP contribution is -2.44. The molecule has 1 rings (SSSR count). The predicted octanol–water partition coefficient (Wildman–Crippen LogP) is 2.27. The van der Waals surface area contributed by atoms with E-state index in [1.165, 1.54) is 0 Å². The average molecular weight is 213 g/mol. The maximum atomic E-state index is 10.8. The van der Waals surface area contributed by atoms with Gasteiger partial charge in [-0.1, -0.05) is 20.8 Å². The normalized spacial score (nSPS) is 27.7. The Morgan fingerprint density at radius 2 is 2.13 bits per heavy atom. The van der Waals surface area contributed by atoms with E-state index >= 15 is 0 Å². The molecule has 15 heavy (non-hydrogen) atoms. The molecule has 0 bridgehead atoms. The first kappa shape index (κ1) is 12.5. The second kappa shape index (κ2) is 4.97. The Labute approximate surface area is 92.3 Å². The lowest BCUT2D eigenvalue weighted by Gasteiger charge is -2.36. The summed E-state index contributed by atoms with van der Waals surface area (Å²) in [5.41, 5.74) is 0.270. The summed E-state index contributed by atoms with van der Waals surface area (Å²) in [7, 11) is 0. The number of hydrogen-bond acceptors (Lipinski definition) is 2. The van der Waals surface area contributed by atoms with Crippen LogP contribution in [-0.2, 0) is 4.79 Å². The number of aliphatic carboxylic acids is 1. The van der Waals surface area contributed by atoms with Gasteiger partial charge in [-0.15, -0.1) is 0 Å². The van der Waals surface area contributed by atoms with Crippen LogP contribution in [0.1, 0.15) is 46.5 Å². The van der Waals surface area contributed by atoms with Gasteiger partial charge < -0.3 is 10.4 Å². The van der Waals surface area contributed by atoms with Crippen molar-refractivity contribution in [3.63, 3.8) is 0 Å². The summed E-state index contributed by atoms with van der Waals surface area (Å²) in [4.78, 5) is 10.8. The lowest BCUT2D eigenvalue weighted by atomic mass is 9.78. The van der Waals surface area contributed by atoms with Gasteiger partial charge in [-0.3, -0.25) is 4.79 Å². The van der Waals surface area contributed by atoms with Crippen LogP contribution in [0.5, 0.6) is 0 Å². The highest BCUT2D eigenvalue weighted by Crippen LogP contribution is 2.29. The van der Waals surface area contributed by atoms with Gasteiger partial charge in [0.25, 0.3) is 0 Å². The van der Waals surface area contributed by atoms with Crippen LogP contribution in [-0.4, -0.2) is 23.7 Å². The van der Waals surface area contributed by atoms with E-state index < -0.39 is 5.97 Å². The van der Waals surface area contributed by atoms with Crippen LogP contribution in [0.4, 0.5) is 0 Å². The van der Waals surface area contributed by atoms with Crippen molar-refractivity contribution in [3.8, 4) is 0 Å². The molecule has 0 radical (unpaired) electrons. The molecule has 1 heterocycles. The quantitative estimate of drug-likeness (QED) is 0.756. The highest BCUT2D eigenvalue weighted by molar-refractivity contribution is 5.67. The van der Waals surface area contributed by atoms with Crippen LogP contribution < -0.4 is 5.32 Å². The zero-order valence-corrected chi connectivity index (χ0v) is 10.0. The molecule has 0 unspecified atom stereocenters. The first-order chi connectivity index (χ1) is 6.88. The van der Waals surface area contributed by atoms with E-state index in [4.69, 9.17) is 5.11 Å². The Morgan fingerprint density at radius 1 is 1.47 bits per heavy atom. The number of nitrogens with one attached hydrogen (secondary N) is 1. The number of carbonyl (C=O) groups is 1. The highest BCUT2D eigenvalue weighted by atomic mass is 16.4. The second-order valence-electron chi connectivity index (χ2n) is 5.83. The summed E-state index contributed by atoms with van der Waals surface area (Å²) in [5.74, 6) is -0.349. The SMILES string of the molecule is CC(C)(C)C[C@H]1NCCC[C@@H]1CC(=O)O. The van der Waals surface area contributed by atoms with Crippen LogP contribution in [0.25, 0.3) is 0 Å². The topological polar surface area (TPSA) is 49.3 Å². The van der Waals surface area contributed by atoms with Gasteiger partial charge in [0.05, 0.1) is 0 Å². The fraction of sp³-hybridized carbons (Fsp3) is 0.917. The first-order valence-corrected chi connectivity index (χ1v) is 5.84. The number of carboxylic acids is 1. The third-order valence-electron chi connectivity index (χ3n) is 3.00. The summed E-state index contributed by atoms with van der Waals surface area (Å²) in [6.07, 6.45) is 3.54. The third kappa shape index (κ3) is 4.65. The average Bonchev–Trinajstić information content (AvgIpc) is 2.05. The van der Waals surface area contributed by atoms with Gasteiger partial charge in [-0.2, -0.15) is 0 Å². The standard InChI is InChI=1S/C12H23NO2/c1-12(2,3)8-10-9(7-11(14)15)5-4-6-13-10/h9-10,13H,4-8H2,1-3H3,(H,14,15)/t9-,10-/m1/s1. The molecule has 0 aromatic heterocycles. The molecular formula is C12H23NO2. The Morgan fingerprint density at radius 3 is 2.67 bits per heavy atom. The van der Waals surface area contributed by atoms with Crippen molar-refractivity contribution in [2.45, 2.75) is 52.5 Å². The number of hydrogen-bond donors (Lipinski definition) is 2. The molecule has 1 aliphatic heterocycles. The minimum absolute atomic E-state index is 0.270. The molecule has 0 saturated carbocycles.